The Kier molecular flexibility index (Phi) is 4.54. The van der Waals surface area contributed by atoms with Gasteiger partial charge in [-0.25, -0.2) is 0 Å². The van der Waals surface area contributed by atoms with Crippen molar-refractivity contribution in [1.29, 1.82) is 0 Å². The lowest BCUT2D eigenvalue weighted by Gasteiger charge is -2.20. The maximum Gasteiger partial charge on any atom is 0.363 e. The minimum atomic E-state index is -3.27. The van der Waals surface area contributed by atoms with Crippen LogP contribution < -0.4 is 11.0 Å². The molecular weight excluding hydrogens is 225 g/mol. The van der Waals surface area contributed by atoms with Gasteiger partial charge in [-0.15, -0.1) is 0 Å². The molecule has 0 saturated heterocycles. The molecular formula is C11H18NO3P. The fraction of sp³-hybridized carbons (Fsp3) is 0.455. The number of aryl methyl sites for hydroxylation is 1. The Morgan fingerprint density at radius 2 is 1.81 bits per heavy atom. The molecule has 5 heteroatoms. The molecule has 2 N–H and O–H groups in total. The van der Waals surface area contributed by atoms with Gasteiger partial charge in [0.1, 0.15) is 0 Å². The lowest BCUT2D eigenvalue weighted by Crippen LogP contribution is -2.17. The minimum absolute atomic E-state index is 0.324. The van der Waals surface area contributed by atoms with Crippen molar-refractivity contribution in [3.8, 4) is 0 Å². The molecule has 90 valence electrons. The van der Waals surface area contributed by atoms with Crippen LogP contribution in [0.4, 0.5) is 5.69 Å². The van der Waals surface area contributed by atoms with E-state index < -0.39 is 7.60 Å². The van der Waals surface area contributed by atoms with Gasteiger partial charge in [-0.1, -0.05) is 12.1 Å². The van der Waals surface area contributed by atoms with Crippen LogP contribution in [0.15, 0.2) is 18.2 Å². The summed E-state index contributed by atoms with van der Waals surface area (Å²) in [4.78, 5) is 0. The summed E-state index contributed by atoms with van der Waals surface area (Å²) in [5, 5.41) is 0.485. The fourth-order valence-electron chi connectivity index (χ4n) is 1.56. The summed E-state index contributed by atoms with van der Waals surface area (Å²) in [6.45, 7) is 6.05. The zero-order valence-electron chi connectivity index (χ0n) is 9.90. The Bertz CT molecular complexity index is 376. The molecule has 0 bridgehead atoms. The lowest BCUT2D eigenvalue weighted by molar-refractivity contribution is 0.230. The molecule has 4 nitrogen and oxygen atoms in total. The summed E-state index contributed by atoms with van der Waals surface area (Å²) in [5.74, 6) is 0. The van der Waals surface area contributed by atoms with Crippen molar-refractivity contribution in [2.75, 3.05) is 18.9 Å². The minimum Gasteiger partial charge on any atom is -0.398 e. The van der Waals surface area contributed by atoms with E-state index in [0.717, 1.165) is 5.56 Å². The molecule has 0 heterocycles. The highest BCUT2D eigenvalue weighted by atomic mass is 31.2. The first-order chi connectivity index (χ1) is 7.55. The smallest absolute Gasteiger partial charge is 0.363 e. The highest BCUT2D eigenvalue weighted by molar-refractivity contribution is 7.62. The van der Waals surface area contributed by atoms with E-state index in [2.05, 4.69) is 0 Å². The van der Waals surface area contributed by atoms with E-state index in [1.165, 1.54) is 0 Å². The van der Waals surface area contributed by atoms with Crippen LogP contribution in [0.2, 0.25) is 0 Å². The van der Waals surface area contributed by atoms with E-state index in [1.807, 2.05) is 19.1 Å². The molecule has 0 aliphatic carbocycles. The van der Waals surface area contributed by atoms with E-state index in [1.54, 1.807) is 19.9 Å². The average Bonchev–Trinajstić information content (AvgIpc) is 2.17. The molecule has 1 rings (SSSR count). The Morgan fingerprint density at radius 1 is 1.25 bits per heavy atom. The van der Waals surface area contributed by atoms with Gasteiger partial charge in [-0.2, -0.15) is 0 Å². The standard InChI is InChI=1S/C11H18NO3P/c1-4-14-16(13,15-5-2)11-9(3)7-6-8-10(11)12/h6-8H,4-5,12H2,1-3H3. The predicted octanol–water partition coefficient (Wildman–Crippen LogP) is 2.47. The molecule has 0 spiro atoms. The fourth-order valence-corrected chi connectivity index (χ4v) is 3.47. The van der Waals surface area contributed by atoms with Crippen LogP contribution in [0, 0.1) is 6.92 Å². The summed E-state index contributed by atoms with van der Waals surface area (Å²) >= 11 is 0. The summed E-state index contributed by atoms with van der Waals surface area (Å²) < 4.78 is 23.1. The summed E-state index contributed by atoms with van der Waals surface area (Å²) in [6.07, 6.45) is 0. The quantitative estimate of drug-likeness (QED) is 0.637. The first kappa shape index (κ1) is 13.2. The topological polar surface area (TPSA) is 61.5 Å². The van der Waals surface area contributed by atoms with E-state index in [4.69, 9.17) is 14.8 Å². The lowest BCUT2D eigenvalue weighted by atomic mass is 10.2. The summed E-state index contributed by atoms with van der Waals surface area (Å²) in [6, 6.07) is 5.36. The zero-order valence-corrected chi connectivity index (χ0v) is 10.8. The van der Waals surface area contributed by atoms with Crippen LogP contribution in [0.3, 0.4) is 0 Å². The van der Waals surface area contributed by atoms with Gasteiger partial charge in [0.15, 0.2) is 0 Å². The Labute approximate surface area is 96.3 Å². The van der Waals surface area contributed by atoms with Gasteiger partial charge in [0.25, 0.3) is 0 Å². The number of nitrogen functional groups attached to an aromatic ring is 1. The second-order valence-electron chi connectivity index (χ2n) is 3.35. The largest absolute Gasteiger partial charge is 0.398 e. The third-order valence-electron chi connectivity index (χ3n) is 2.14. The monoisotopic (exact) mass is 243 g/mol. The molecule has 0 unspecified atom stereocenters. The summed E-state index contributed by atoms with van der Waals surface area (Å²) in [5.41, 5.74) is 7.11. The number of benzene rings is 1. The first-order valence-corrected chi connectivity index (χ1v) is 6.84. The predicted molar refractivity (Wildman–Crippen MR) is 66.1 cm³/mol. The maximum absolute atomic E-state index is 12.5. The molecule has 0 amide bonds. The van der Waals surface area contributed by atoms with Crippen LogP contribution in [0.1, 0.15) is 19.4 Å². The highest BCUT2D eigenvalue weighted by Crippen LogP contribution is 2.49. The van der Waals surface area contributed by atoms with Crippen LogP contribution in [-0.4, -0.2) is 13.2 Å². The van der Waals surface area contributed by atoms with E-state index >= 15 is 0 Å². The third-order valence-corrected chi connectivity index (χ3v) is 4.50. The molecule has 0 fully saturated rings. The molecule has 0 aliphatic rings. The first-order valence-electron chi connectivity index (χ1n) is 5.30. The highest BCUT2D eigenvalue weighted by Gasteiger charge is 2.30. The Hall–Kier alpha value is -0.830. The molecule has 16 heavy (non-hydrogen) atoms. The molecule has 0 aliphatic heterocycles. The van der Waals surface area contributed by atoms with Gasteiger partial charge in [0.2, 0.25) is 0 Å². The second kappa shape index (κ2) is 5.48. The SMILES string of the molecule is CCOP(=O)(OCC)c1c(C)cccc1N. The van der Waals surface area contributed by atoms with Crippen LogP contribution >= 0.6 is 7.60 Å². The Balaban J connectivity index is 3.26. The van der Waals surface area contributed by atoms with Crippen LogP contribution in [0.5, 0.6) is 0 Å². The maximum atomic E-state index is 12.5. The molecule has 1 aromatic carbocycles. The average molecular weight is 243 g/mol. The number of nitrogens with two attached hydrogens (primary N) is 1. The van der Waals surface area contributed by atoms with Gasteiger partial charge in [0.05, 0.1) is 18.5 Å². The molecule has 0 atom stereocenters. The molecule has 1 aromatic rings. The number of hydrogen-bond acceptors (Lipinski definition) is 4. The van der Waals surface area contributed by atoms with Crippen LogP contribution in [-0.2, 0) is 13.6 Å². The van der Waals surface area contributed by atoms with Crippen molar-refractivity contribution in [2.24, 2.45) is 0 Å². The van der Waals surface area contributed by atoms with Crippen molar-refractivity contribution < 1.29 is 13.6 Å². The van der Waals surface area contributed by atoms with Crippen molar-refractivity contribution in [3.63, 3.8) is 0 Å². The van der Waals surface area contributed by atoms with Crippen molar-refractivity contribution in [1.82, 2.24) is 0 Å². The number of hydrogen-bond donors (Lipinski definition) is 1. The zero-order chi connectivity index (χ0) is 12.2. The van der Waals surface area contributed by atoms with Crippen molar-refractivity contribution in [3.05, 3.63) is 23.8 Å². The van der Waals surface area contributed by atoms with Gasteiger partial charge in [-0.05, 0) is 32.4 Å². The molecule has 0 aromatic heterocycles. The Morgan fingerprint density at radius 3 is 2.25 bits per heavy atom. The van der Waals surface area contributed by atoms with Gasteiger partial charge in [-0.3, -0.25) is 4.57 Å². The summed E-state index contributed by atoms with van der Waals surface area (Å²) in [7, 11) is -3.27. The van der Waals surface area contributed by atoms with Gasteiger partial charge < -0.3 is 14.8 Å². The van der Waals surface area contributed by atoms with E-state index in [-0.39, 0.29) is 0 Å². The number of anilines is 1. The van der Waals surface area contributed by atoms with E-state index in [0.29, 0.717) is 24.2 Å². The number of rotatable bonds is 5. The molecule has 0 radical (unpaired) electrons. The third kappa shape index (κ3) is 2.64. The van der Waals surface area contributed by atoms with Crippen molar-refractivity contribution in [2.45, 2.75) is 20.8 Å². The van der Waals surface area contributed by atoms with Gasteiger partial charge >= 0.3 is 7.60 Å². The van der Waals surface area contributed by atoms with Gasteiger partial charge in [0, 0.05) is 5.69 Å². The van der Waals surface area contributed by atoms with E-state index in [9.17, 15) is 4.57 Å². The normalized spacial score (nSPS) is 11.7. The second-order valence-corrected chi connectivity index (χ2v) is 5.30. The van der Waals surface area contributed by atoms with Crippen LogP contribution in [0.25, 0.3) is 0 Å². The van der Waals surface area contributed by atoms with Crippen molar-refractivity contribution >= 4 is 18.6 Å². The molecule has 0 saturated carbocycles.